The van der Waals surface area contributed by atoms with Gasteiger partial charge in [0.1, 0.15) is 17.6 Å². The molecule has 1 fully saturated rings. The molecule has 0 aliphatic heterocycles. The second-order valence-corrected chi connectivity index (χ2v) is 10.2. The van der Waals surface area contributed by atoms with E-state index in [0.717, 1.165) is 44.1 Å². The third kappa shape index (κ3) is 7.91. The maximum absolute atomic E-state index is 13.9. The molecule has 4 rings (SSSR count). The Balaban J connectivity index is 1.58. The molecule has 1 unspecified atom stereocenters. The van der Waals surface area contributed by atoms with Gasteiger partial charge in [-0.2, -0.15) is 0 Å². The fourth-order valence-corrected chi connectivity index (χ4v) is 5.09. The summed E-state index contributed by atoms with van der Waals surface area (Å²) in [6.07, 6.45) is 8.11. The van der Waals surface area contributed by atoms with E-state index in [1.165, 1.54) is 12.1 Å². The third-order valence-corrected chi connectivity index (χ3v) is 7.29. The number of rotatable bonds is 11. The minimum Gasteiger partial charge on any atom is -0.508 e. The predicted octanol–water partition coefficient (Wildman–Crippen LogP) is 5.68. The highest BCUT2D eigenvalue weighted by molar-refractivity contribution is 6.01. The third-order valence-electron chi connectivity index (χ3n) is 7.29. The number of benzene rings is 2. The lowest BCUT2D eigenvalue weighted by Crippen LogP contribution is -2.47. The molecule has 0 saturated heterocycles. The Kier molecular flexibility index (Phi) is 10.3. The van der Waals surface area contributed by atoms with Gasteiger partial charge in [0.15, 0.2) is 0 Å². The maximum Gasteiger partial charge on any atom is 0.248 e. The van der Waals surface area contributed by atoms with Gasteiger partial charge in [0.2, 0.25) is 17.7 Å². The number of carbonyl (C=O) groups excluding carboxylic acids is 3. The summed E-state index contributed by atoms with van der Waals surface area (Å²) >= 11 is 0. The van der Waals surface area contributed by atoms with Gasteiger partial charge < -0.3 is 15.7 Å². The van der Waals surface area contributed by atoms with Gasteiger partial charge in [-0.05, 0) is 73.2 Å². The summed E-state index contributed by atoms with van der Waals surface area (Å²) in [5.41, 5.74) is 2.33. The average Bonchev–Trinajstić information content (AvgIpc) is 2.97. The highest BCUT2D eigenvalue weighted by Gasteiger charge is 2.34. The minimum absolute atomic E-state index is 0.0653. The average molecular weight is 543 g/mol. The predicted molar refractivity (Wildman–Crippen MR) is 156 cm³/mol. The van der Waals surface area contributed by atoms with Crippen LogP contribution < -0.4 is 15.5 Å². The Bertz CT molecular complexity index is 1260. The molecule has 3 aromatic rings. The van der Waals surface area contributed by atoms with Crippen LogP contribution in [0.25, 0.3) is 0 Å². The van der Waals surface area contributed by atoms with Crippen molar-refractivity contribution in [3.63, 3.8) is 0 Å². The molecule has 3 N–H and O–H groups in total. The summed E-state index contributed by atoms with van der Waals surface area (Å²) in [6, 6.07) is 18.5. The number of hydrogen-bond acceptors (Lipinski definition) is 5. The first-order chi connectivity index (χ1) is 19.4. The van der Waals surface area contributed by atoms with Crippen LogP contribution in [0.4, 0.5) is 11.5 Å². The smallest absolute Gasteiger partial charge is 0.248 e. The number of hydrogen-bond donors (Lipinski definition) is 3. The highest BCUT2D eigenvalue weighted by atomic mass is 16.3. The summed E-state index contributed by atoms with van der Waals surface area (Å²) in [7, 11) is 0. The lowest BCUT2D eigenvalue weighted by atomic mass is 9.94. The second kappa shape index (κ2) is 14.3. The van der Waals surface area contributed by atoms with Crippen molar-refractivity contribution in [2.75, 3.05) is 10.2 Å². The Morgan fingerprint density at radius 3 is 2.33 bits per heavy atom. The van der Waals surface area contributed by atoms with E-state index in [9.17, 15) is 19.5 Å². The number of amides is 3. The molecule has 1 heterocycles. The van der Waals surface area contributed by atoms with E-state index >= 15 is 0 Å². The van der Waals surface area contributed by atoms with E-state index in [4.69, 9.17) is 0 Å². The van der Waals surface area contributed by atoms with Gasteiger partial charge in [0, 0.05) is 30.8 Å². The molecule has 1 atom stereocenters. The molecule has 0 spiro atoms. The topological polar surface area (TPSA) is 112 Å². The Morgan fingerprint density at radius 1 is 0.950 bits per heavy atom. The summed E-state index contributed by atoms with van der Waals surface area (Å²) < 4.78 is 0. The number of pyridine rings is 1. The number of phenolic OH excluding ortho intramolecular Hbond substituents is 1. The van der Waals surface area contributed by atoms with Crippen molar-refractivity contribution in [1.82, 2.24) is 10.3 Å². The van der Waals surface area contributed by atoms with Crippen molar-refractivity contribution in [2.45, 2.75) is 76.8 Å². The first-order valence-electron chi connectivity index (χ1n) is 14.2. The van der Waals surface area contributed by atoms with Gasteiger partial charge in [-0.1, -0.05) is 56.5 Å². The molecule has 1 saturated carbocycles. The van der Waals surface area contributed by atoms with E-state index in [2.05, 4.69) is 22.5 Å². The van der Waals surface area contributed by atoms with Crippen molar-refractivity contribution < 1.29 is 19.5 Å². The molecule has 2 aromatic carbocycles. The Morgan fingerprint density at radius 2 is 1.68 bits per heavy atom. The number of nitrogens with zero attached hydrogens (tertiary/aromatic N) is 2. The molecule has 1 aliphatic rings. The molecule has 3 amide bonds. The van der Waals surface area contributed by atoms with Crippen molar-refractivity contribution >= 4 is 29.2 Å². The summed E-state index contributed by atoms with van der Waals surface area (Å²) in [5.74, 6) is -0.192. The van der Waals surface area contributed by atoms with Crippen LogP contribution in [0.5, 0.6) is 5.75 Å². The van der Waals surface area contributed by atoms with E-state index in [1.807, 2.05) is 24.3 Å². The number of aryl methyl sites for hydroxylation is 1. The first-order valence-corrected chi connectivity index (χ1v) is 14.2. The molecule has 1 aromatic heterocycles. The SMILES string of the molecule is CCc1ccc(N(C(=O)CCCC(=O)Nc2ccccn2)C(C(=O)NC2CCCCC2)c2ccc(O)cc2)cc1. The van der Waals surface area contributed by atoms with E-state index in [1.54, 1.807) is 41.4 Å². The summed E-state index contributed by atoms with van der Waals surface area (Å²) in [5, 5.41) is 15.9. The molecule has 8 nitrogen and oxygen atoms in total. The van der Waals surface area contributed by atoms with Gasteiger partial charge in [-0.3, -0.25) is 19.3 Å². The number of aromatic hydroxyl groups is 1. The lowest BCUT2D eigenvalue weighted by molar-refractivity contribution is -0.127. The van der Waals surface area contributed by atoms with Crippen LogP contribution in [0.3, 0.4) is 0 Å². The molecule has 40 heavy (non-hydrogen) atoms. The summed E-state index contributed by atoms with van der Waals surface area (Å²) in [6.45, 7) is 2.06. The van der Waals surface area contributed by atoms with Gasteiger partial charge in [0.05, 0.1) is 0 Å². The van der Waals surface area contributed by atoms with Crippen LogP contribution in [-0.2, 0) is 20.8 Å². The van der Waals surface area contributed by atoms with E-state index < -0.39 is 6.04 Å². The van der Waals surface area contributed by atoms with Crippen LogP contribution in [0.1, 0.15) is 75.5 Å². The normalized spacial score (nSPS) is 14.2. The van der Waals surface area contributed by atoms with Gasteiger partial charge in [0.25, 0.3) is 0 Å². The zero-order valence-electron chi connectivity index (χ0n) is 23.0. The van der Waals surface area contributed by atoms with Crippen LogP contribution in [0.15, 0.2) is 72.9 Å². The summed E-state index contributed by atoms with van der Waals surface area (Å²) in [4.78, 5) is 45.9. The van der Waals surface area contributed by atoms with Gasteiger partial charge in [-0.15, -0.1) is 0 Å². The Hall–Kier alpha value is -4.20. The zero-order valence-corrected chi connectivity index (χ0v) is 23.0. The van der Waals surface area contributed by atoms with E-state index in [-0.39, 0.29) is 42.4 Å². The van der Waals surface area contributed by atoms with E-state index in [0.29, 0.717) is 23.5 Å². The second-order valence-electron chi connectivity index (χ2n) is 10.2. The minimum atomic E-state index is -0.926. The van der Waals surface area contributed by atoms with Crippen LogP contribution in [0, 0.1) is 0 Å². The maximum atomic E-state index is 13.9. The number of aromatic nitrogens is 1. The first kappa shape index (κ1) is 28.8. The van der Waals surface area contributed by atoms with Crippen LogP contribution >= 0.6 is 0 Å². The molecule has 0 radical (unpaired) electrons. The van der Waals surface area contributed by atoms with Gasteiger partial charge in [-0.25, -0.2) is 4.98 Å². The molecule has 0 bridgehead atoms. The number of phenols is 1. The fraction of sp³-hybridized carbons (Fsp3) is 0.375. The largest absolute Gasteiger partial charge is 0.508 e. The van der Waals surface area contributed by atoms with Gasteiger partial charge >= 0.3 is 0 Å². The van der Waals surface area contributed by atoms with Crippen molar-refractivity contribution in [1.29, 1.82) is 0 Å². The molecular formula is C32H38N4O4. The van der Waals surface area contributed by atoms with Crippen molar-refractivity contribution in [2.24, 2.45) is 0 Å². The molecule has 210 valence electrons. The lowest BCUT2D eigenvalue weighted by Gasteiger charge is -2.33. The van der Waals surface area contributed by atoms with Crippen molar-refractivity contribution in [3.8, 4) is 5.75 Å². The number of nitrogens with one attached hydrogen (secondary N) is 2. The monoisotopic (exact) mass is 542 g/mol. The molecule has 8 heteroatoms. The standard InChI is InChI=1S/C32H38N4O4/c1-2-23-14-18-26(19-15-23)36(30(39)13-8-12-29(38)35-28-11-6-7-22-33-28)31(24-16-20-27(37)21-17-24)32(40)34-25-9-4-3-5-10-25/h6-7,11,14-22,25,31,37H,2-5,8-10,12-13H2,1H3,(H,34,40)(H,33,35,38). The van der Waals surface area contributed by atoms with Crippen molar-refractivity contribution in [3.05, 3.63) is 84.1 Å². The van der Waals surface area contributed by atoms with Crippen LogP contribution in [0.2, 0.25) is 0 Å². The number of anilines is 2. The quantitative estimate of drug-likeness (QED) is 0.289. The number of carbonyl (C=O) groups is 3. The molecular weight excluding hydrogens is 504 g/mol. The molecule has 1 aliphatic carbocycles. The highest BCUT2D eigenvalue weighted by Crippen LogP contribution is 2.31. The fourth-order valence-electron chi connectivity index (χ4n) is 5.09. The zero-order chi connectivity index (χ0) is 28.3. The Labute approximate surface area is 235 Å². The van der Waals surface area contributed by atoms with Crippen LogP contribution in [-0.4, -0.2) is 33.9 Å².